The van der Waals surface area contributed by atoms with Gasteiger partial charge < -0.3 is 10.4 Å². The third-order valence-electron chi connectivity index (χ3n) is 4.47. The standard InChI is InChI=1S/C15H31NO3S/c1-13(2,3)20(18,19)11-10-16-12-15(17)8-6-14(4,5)7-9-15/h16-17H,6-12H2,1-5H3. The van der Waals surface area contributed by atoms with Gasteiger partial charge in [0.05, 0.1) is 16.1 Å². The maximum atomic E-state index is 12.0. The fourth-order valence-corrected chi connectivity index (χ4v) is 3.43. The third kappa shape index (κ3) is 5.01. The van der Waals surface area contributed by atoms with Crippen LogP contribution in [0.15, 0.2) is 0 Å². The molecule has 0 heterocycles. The second-order valence-corrected chi connectivity index (χ2v) is 10.9. The van der Waals surface area contributed by atoms with E-state index >= 15 is 0 Å². The van der Waals surface area contributed by atoms with E-state index in [4.69, 9.17) is 0 Å². The van der Waals surface area contributed by atoms with Crippen molar-refractivity contribution in [3.8, 4) is 0 Å². The van der Waals surface area contributed by atoms with E-state index in [9.17, 15) is 13.5 Å². The molecule has 1 saturated carbocycles. The second kappa shape index (κ2) is 5.93. The van der Waals surface area contributed by atoms with E-state index in [-0.39, 0.29) is 5.75 Å². The number of rotatable bonds is 5. The maximum Gasteiger partial charge on any atom is 0.156 e. The molecule has 0 amide bonds. The molecule has 2 N–H and O–H groups in total. The van der Waals surface area contributed by atoms with Gasteiger partial charge >= 0.3 is 0 Å². The topological polar surface area (TPSA) is 66.4 Å². The van der Waals surface area contributed by atoms with Gasteiger partial charge in [-0.05, 0) is 51.9 Å². The summed E-state index contributed by atoms with van der Waals surface area (Å²) in [5.74, 6) is 0.123. The van der Waals surface area contributed by atoms with Gasteiger partial charge in [-0.1, -0.05) is 13.8 Å². The highest BCUT2D eigenvalue weighted by atomic mass is 32.2. The first-order chi connectivity index (χ1) is 8.87. The van der Waals surface area contributed by atoms with Crippen LogP contribution in [0.3, 0.4) is 0 Å². The molecule has 0 aliphatic heterocycles. The molecule has 0 bridgehead atoms. The van der Waals surface area contributed by atoms with E-state index < -0.39 is 20.2 Å². The number of aliphatic hydroxyl groups is 1. The molecule has 0 saturated heterocycles. The van der Waals surface area contributed by atoms with Gasteiger partial charge in [0.15, 0.2) is 9.84 Å². The van der Waals surface area contributed by atoms with E-state index in [1.54, 1.807) is 20.8 Å². The Labute approximate surface area is 124 Å². The van der Waals surface area contributed by atoms with Crippen LogP contribution < -0.4 is 5.32 Å². The predicted molar refractivity (Wildman–Crippen MR) is 83.6 cm³/mol. The van der Waals surface area contributed by atoms with Crippen LogP contribution in [0.5, 0.6) is 0 Å². The number of nitrogens with one attached hydrogen (secondary N) is 1. The van der Waals surface area contributed by atoms with Gasteiger partial charge in [0, 0.05) is 13.1 Å². The van der Waals surface area contributed by atoms with Crippen LogP contribution in [0.1, 0.15) is 60.3 Å². The normalized spacial score (nSPS) is 22.7. The molecule has 120 valence electrons. The summed E-state index contributed by atoms with van der Waals surface area (Å²) in [6.45, 7) is 10.5. The minimum atomic E-state index is -3.08. The lowest BCUT2D eigenvalue weighted by Gasteiger charge is -2.40. The summed E-state index contributed by atoms with van der Waals surface area (Å²) >= 11 is 0. The molecule has 1 rings (SSSR count). The maximum absolute atomic E-state index is 12.0. The van der Waals surface area contributed by atoms with Crippen molar-refractivity contribution in [2.75, 3.05) is 18.8 Å². The van der Waals surface area contributed by atoms with Gasteiger partial charge in [-0.15, -0.1) is 0 Å². The first kappa shape index (κ1) is 17.9. The van der Waals surface area contributed by atoms with Crippen molar-refractivity contribution in [3.63, 3.8) is 0 Å². The molecule has 0 aromatic heterocycles. The summed E-state index contributed by atoms with van der Waals surface area (Å²) in [6.07, 6.45) is 3.62. The average molecular weight is 305 g/mol. The van der Waals surface area contributed by atoms with Crippen LogP contribution in [0.2, 0.25) is 0 Å². The molecule has 5 heteroatoms. The molecule has 1 aliphatic carbocycles. The van der Waals surface area contributed by atoms with Crippen LogP contribution in [0.25, 0.3) is 0 Å². The Bertz CT molecular complexity index is 411. The Morgan fingerprint density at radius 3 is 2.05 bits per heavy atom. The van der Waals surface area contributed by atoms with E-state index in [0.29, 0.717) is 18.5 Å². The summed E-state index contributed by atoms with van der Waals surface area (Å²) in [5, 5.41) is 13.6. The van der Waals surface area contributed by atoms with Gasteiger partial charge in [0.1, 0.15) is 0 Å². The average Bonchev–Trinajstić information content (AvgIpc) is 2.28. The fraction of sp³-hybridized carbons (Fsp3) is 1.00. The monoisotopic (exact) mass is 305 g/mol. The van der Waals surface area contributed by atoms with Gasteiger partial charge in [0.2, 0.25) is 0 Å². The lowest BCUT2D eigenvalue weighted by Crippen LogP contribution is -2.46. The highest BCUT2D eigenvalue weighted by Crippen LogP contribution is 2.39. The Morgan fingerprint density at radius 1 is 1.10 bits per heavy atom. The minimum absolute atomic E-state index is 0.123. The molecule has 0 radical (unpaired) electrons. The van der Waals surface area contributed by atoms with Crippen molar-refractivity contribution in [1.82, 2.24) is 5.32 Å². The first-order valence-electron chi connectivity index (χ1n) is 7.52. The smallest absolute Gasteiger partial charge is 0.156 e. The zero-order chi connectivity index (χ0) is 15.7. The third-order valence-corrected chi connectivity index (χ3v) is 7.08. The summed E-state index contributed by atoms with van der Waals surface area (Å²) in [7, 11) is -3.08. The second-order valence-electron chi connectivity index (χ2n) is 8.00. The minimum Gasteiger partial charge on any atom is -0.389 e. The summed E-state index contributed by atoms with van der Waals surface area (Å²) < 4.78 is 23.2. The number of sulfone groups is 1. The molecule has 20 heavy (non-hydrogen) atoms. The quantitative estimate of drug-likeness (QED) is 0.764. The molecule has 1 aliphatic rings. The molecule has 4 nitrogen and oxygen atoms in total. The molecule has 1 fully saturated rings. The van der Waals surface area contributed by atoms with E-state index in [2.05, 4.69) is 19.2 Å². The zero-order valence-corrected chi connectivity index (χ0v) is 14.4. The van der Waals surface area contributed by atoms with Crippen LogP contribution in [0.4, 0.5) is 0 Å². The highest BCUT2D eigenvalue weighted by molar-refractivity contribution is 7.92. The summed E-state index contributed by atoms with van der Waals surface area (Å²) in [5.41, 5.74) is -0.344. The lowest BCUT2D eigenvalue weighted by atomic mass is 9.71. The molecular formula is C15H31NO3S. The van der Waals surface area contributed by atoms with E-state index in [1.807, 2.05) is 0 Å². The largest absolute Gasteiger partial charge is 0.389 e. The summed E-state index contributed by atoms with van der Waals surface area (Å²) in [6, 6.07) is 0. The van der Waals surface area contributed by atoms with Crippen LogP contribution in [-0.2, 0) is 9.84 Å². The summed E-state index contributed by atoms with van der Waals surface area (Å²) in [4.78, 5) is 0. The van der Waals surface area contributed by atoms with Gasteiger partial charge in [-0.3, -0.25) is 0 Å². The van der Waals surface area contributed by atoms with Crippen LogP contribution in [0, 0.1) is 5.41 Å². The zero-order valence-electron chi connectivity index (χ0n) is 13.6. The Kier molecular flexibility index (Phi) is 5.32. The number of hydrogen-bond donors (Lipinski definition) is 2. The lowest BCUT2D eigenvalue weighted by molar-refractivity contribution is -0.0238. The molecular weight excluding hydrogens is 274 g/mol. The van der Waals surface area contributed by atoms with Crippen molar-refractivity contribution in [2.45, 2.75) is 70.7 Å². The van der Waals surface area contributed by atoms with Crippen LogP contribution in [-0.4, -0.2) is 42.7 Å². The van der Waals surface area contributed by atoms with Crippen molar-refractivity contribution in [2.24, 2.45) is 5.41 Å². The van der Waals surface area contributed by atoms with Gasteiger partial charge in [0.25, 0.3) is 0 Å². The first-order valence-corrected chi connectivity index (χ1v) is 9.18. The van der Waals surface area contributed by atoms with Crippen LogP contribution >= 0.6 is 0 Å². The molecule has 0 aromatic rings. The molecule has 0 spiro atoms. The molecule has 0 unspecified atom stereocenters. The van der Waals surface area contributed by atoms with Gasteiger partial charge in [-0.2, -0.15) is 0 Å². The Morgan fingerprint density at radius 2 is 1.60 bits per heavy atom. The predicted octanol–water partition coefficient (Wildman–Crippen LogP) is 2.12. The highest BCUT2D eigenvalue weighted by Gasteiger charge is 2.36. The van der Waals surface area contributed by atoms with E-state index in [1.165, 1.54) is 0 Å². The molecule has 0 atom stereocenters. The van der Waals surface area contributed by atoms with Crippen molar-refractivity contribution < 1.29 is 13.5 Å². The SMILES string of the molecule is CC1(C)CCC(O)(CNCCS(=O)(=O)C(C)(C)C)CC1. The van der Waals surface area contributed by atoms with Crippen molar-refractivity contribution in [3.05, 3.63) is 0 Å². The Balaban J connectivity index is 2.35. The molecule has 0 aromatic carbocycles. The van der Waals surface area contributed by atoms with E-state index in [0.717, 1.165) is 25.7 Å². The van der Waals surface area contributed by atoms with Crippen molar-refractivity contribution >= 4 is 9.84 Å². The Hall–Kier alpha value is -0.130. The number of hydrogen-bond acceptors (Lipinski definition) is 4. The fourth-order valence-electron chi connectivity index (χ4n) is 2.40. The van der Waals surface area contributed by atoms with Crippen molar-refractivity contribution in [1.29, 1.82) is 0 Å². The van der Waals surface area contributed by atoms with Gasteiger partial charge in [-0.25, -0.2) is 8.42 Å².